The molecule has 0 unspecified atom stereocenters. The quantitative estimate of drug-likeness (QED) is 0.490. The van der Waals surface area contributed by atoms with Crippen LogP contribution in [0.2, 0.25) is 0 Å². The van der Waals surface area contributed by atoms with Gasteiger partial charge in [0.05, 0.1) is 12.8 Å². The summed E-state index contributed by atoms with van der Waals surface area (Å²) in [6.07, 6.45) is 0.778. The normalized spacial score (nSPS) is 10.7. The first-order valence-corrected chi connectivity index (χ1v) is 6.99. The first-order valence-electron chi connectivity index (χ1n) is 6.99. The number of halogens is 2. The number of benzene rings is 1. The van der Waals surface area contributed by atoms with Crippen LogP contribution in [0, 0.1) is 18.6 Å². The van der Waals surface area contributed by atoms with Crippen molar-refractivity contribution < 1.29 is 32.4 Å². The largest absolute Gasteiger partial charge is 0.463 e. The molecule has 0 aliphatic heterocycles. The molecule has 0 fully saturated rings. The number of anilines is 1. The standard InChI is InChI=1S/C16H14F2N2O5/c1-9-5-11(25-15(9)16(22)23-2)8-24-19-7-14(21)20-13-4-3-10(17)6-12(13)18/h3-7H,8H2,1-2H3,(H,20,21). The van der Waals surface area contributed by atoms with Gasteiger partial charge in [0.2, 0.25) is 5.76 Å². The van der Waals surface area contributed by atoms with Crippen molar-refractivity contribution in [2.24, 2.45) is 5.16 Å². The number of hydrogen-bond donors (Lipinski definition) is 1. The van der Waals surface area contributed by atoms with Gasteiger partial charge in [-0.05, 0) is 25.1 Å². The maximum absolute atomic E-state index is 13.4. The van der Waals surface area contributed by atoms with Gasteiger partial charge in [-0.15, -0.1) is 0 Å². The van der Waals surface area contributed by atoms with E-state index in [1.807, 2.05) is 0 Å². The van der Waals surface area contributed by atoms with Crippen molar-refractivity contribution in [1.29, 1.82) is 0 Å². The summed E-state index contributed by atoms with van der Waals surface area (Å²) in [5.41, 5.74) is 0.376. The molecule has 0 saturated heterocycles. The van der Waals surface area contributed by atoms with Crippen LogP contribution in [-0.2, 0) is 21.0 Å². The molecule has 132 valence electrons. The Bertz CT molecular complexity index is 817. The van der Waals surface area contributed by atoms with Crippen molar-refractivity contribution in [3.63, 3.8) is 0 Å². The Balaban J connectivity index is 1.86. The number of hydrogen-bond acceptors (Lipinski definition) is 6. The molecule has 1 amide bonds. The molecule has 0 spiro atoms. The van der Waals surface area contributed by atoms with E-state index in [9.17, 15) is 18.4 Å². The minimum atomic E-state index is -0.913. The van der Waals surface area contributed by atoms with Crippen LogP contribution in [0.25, 0.3) is 0 Å². The van der Waals surface area contributed by atoms with E-state index in [2.05, 4.69) is 15.2 Å². The van der Waals surface area contributed by atoms with E-state index in [0.717, 1.165) is 18.3 Å². The van der Waals surface area contributed by atoms with E-state index in [4.69, 9.17) is 9.25 Å². The fraction of sp³-hybridized carbons (Fsp3) is 0.188. The molecule has 0 aliphatic carbocycles. The van der Waals surface area contributed by atoms with Gasteiger partial charge in [0.15, 0.2) is 6.61 Å². The summed E-state index contributed by atoms with van der Waals surface area (Å²) < 4.78 is 35.9. The Kier molecular flexibility index (Phi) is 5.83. The van der Waals surface area contributed by atoms with Crippen molar-refractivity contribution >= 4 is 23.8 Å². The van der Waals surface area contributed by atoms with Gasteiger partial charge >= 0.3 is 5.97 Å². The molecule has 7 nitrogen and oxygen atoms in total. The Hall–Kier alpha value is -3.23. The van der Waals surface area contributed by atoms with Gasteiger partial charge < -0.3 is 19.3 Å². The summed E-state index contributed by atoms with van der Waals surface area (Å²) in [6, 6.07) is 4.29. The van der Waals surface area contributed by atoms with Crippen molar-refractivity contribution in [2.75, 3.05) is 12.4 Å². The highest BCUT2D eigenvalue weighted by Crippen LogP contribution is 2.16. The van der Waals surface area contributed by atoms with Gasteiger partial charge in [0.25, 0.3) is 5.91 Å². The highest BCUT2D eigenvalue weighted by atomic mass is 19.1. The highest BCUT2D eigenvalue weighted by molar-refractivity contribution is 6.31. The number of oxime groups is 1. The van der Waals surface area contributed by atoms with Crippen molar-refractivity contribution in [3.8, 4) is 0 Å². The van der Waals surface area contributed by atoms with Gasteiger partial charge in [0.1, 0.15) is 23.6 Å². The zero-order chi connectivity index (χ0) is 18.4. The lowest BCUT2D eigenvalue weighted by Gasteiger charge is -2.03. The van der Waals surface area contributed by atoms with Crippen LogP contribution in [0.1, 0.15) is 21.9 Å². The molecular formula is C16H14F2N2O5. The number of carbonyl (C=O) groups excluding carboxylic acids is 2. The van der Waals surface area contributed by atoms with E-state index in [1.54, 1.807) is 13.0 Å². The number of nitrogens with one attached hydrogen (secondary N) is 1. The Morgan fingerprint density at radius 2 is 2.08 bits per heavy atom. The summed E-state index contributed by atoms with van der Waals surface area (Å²) >= 11 is 0. The average molecular weight is 352 g/mol. The first-order chi connectivity index (χ1) is 11.9. The number of rotatable bonds is 6. The van der Waals surface area contributed by atoms with Crippen LogP contribution >= 0.6 is 0 Å². The Morgan fingerprint density at radius 3 is 2.76 bits per heavy atom. The lowest BCUT2D eigenvalue weighted by atomic mass is 10.3. The average Bonchev–Trinajstić information content (AvgIpc) is 2.94. The molecule has 0 aliphatic rings. The predicted molar refractivity (Wildman–Crippen MR) is 83.1 cm³/mol. The molecule has 0 saturated carbocycles. The van der Waals surface area contributed by atoms with Crippen LogP contribution in [0.3, 0.4) is 0 Å². The van der Waals surface area contributed by atoms with Gasteiger partial charge in [-0.2, -0.15) is 0 Å². The number of ether oxygens (including phenoxy) is 1. The lowest BCUT2D eigenvalue weighted by Crippen LogP contribution is -2.14. The molecule has 1 aromatic carbocycles. The molecule has 2 aromatic rings. The summed E-state index contributed by atoms with van der Waals surface area (Å²) in [5.74, 6) is -2.70. The Morgan fingerprint density at radius 1 is 1.32 bits per heavy atom. The van der Waals surface area contributed by atoms with E-state index < -0.39 is 23.5 Å². The maximum atomic E-state index is 13.4. The van der Waals surface area contributed by atoms with E-state index in [1.165, 1.54) is 7.11 Å². The molecule has 2 rings (SSSR count). The maximum Gasteiger partial charge on any atom is 0.374 e. The number of amides is 1. The third-order valence-corrected chi connectivity index (χ3v) is 2.98. The van der Waals surface area contributed by atoms with Crippen LogP contribution in [0.5, 0.6) is 0 Å². The summed E-state index contributed by atoms with van der Waals surface area (Å²) in [6.45, 7) is 1.53. The van der Waals surface area contributed by atoms with Gasteiger partial charge in [0, 0.05) is 11.6 Å². The van der Waals surface area contributed by atoms with Crippen LogP contribution < -0.4 is 5.32 Å². The van der Waals surface area contributed by atoms with Gasteiger partial charge in [-0.1, -0.05) is 5.16 Å². The molecule has 9 heteroatoms. The van der Waals surface area contributed by atoms with Gasteiger partial charge in [-0.3, -0.25) is 4.79 Å². The third kappa shape index (κ3) is 4.87. The Labute approximate surface area is 141 Å². The topological polar surface area (TPSA) is 90.1 Å². The zero-order valence-electron chi connectivity index (χ0n) is 13.3. The van der Waals surface area contributed by atoms with Crippen LogP contribution in [0.4, 0.5) is 14.5 Å². The van der Waals surface area contributed by atoms with Gasteiger partial charge in [-0.25, -0.2) is 13.6 Å². The molecule has 0 atom stereocenters. The molecule has 1 aromatic heterocycles. The molecule has 0 bridgehead atoms. The molecule has 0 radical (unpaired) electrons. The fourth-order valence-corrected chi connectivity index (χ4v) is 1.86. The highest BCUT2D eigenvalue weighted by Gasteiger charge is 2.16. The summed E-state index contributed by atoms with van der Waals surface area (Å²) in [5, 5.41) is 5.58. The van der Waals surface area contributed by atoms with E-state index >= 15 is 0 Å². The number of furan rings is 1. The molecular weight excluding hydrogens is 338 g/mol. The molecule has 25 heavy (non-hydrogen) atoms. The van der Waals surface area contributed by atoms with Crippen molar-refractivity contribution in [1.82, 2.24) is 0 Å². The zero-order valence-corrected chi connectivity index (χ0v) is 13.3. The minimum absolute atomic E-state index is 0.0506. The minimum Gasteiger partial charge on any atom is -0.463 e. The number of nitrogens with zero attached hydrogens (tertiary/aromatic N) is 1. The number of carbonyl (C=O) groups is 2. The predicted octanol–water partition coefficient (Wildman–Crippen LogP) is 2.79. The fourth-order valence-electron chi connectivity index (χ4n) is 1.86. The number of methoxy groups -OCH3 is 1. The molecule has 1 N–H and O–H groups in total. The van der Waals surface area contributed by atoms with Crippen molar-refractivity contribution in [2.45, 2.75) is 13.5 Å². The molecule has 1 heterocycles. The second kappa shape index (κ2) is 8.04. The SMILES string of the molecule is COC(=O)c1oc(CON=CC(=O)Nc2ccc(F)cc2F)cc1C. The number of esters is 1. The number of aryl methyl sites for hydroxylation is 1. The van der Waals surface area contributed by atoms with Crippen LogP contribution in [0.15, 0.2) is 33.8 Å². The first kappa shape index (κ1) is 18.1. The lowest BCUT2D eigenvalue weighted by molar-refractivity contribution is -0.110. The van der Waals surface area contributed by atoms with Crippen LogP contribution in [-0.4, -0.2) is 25.2 Å². The summed E-state index contributed by atoms with van der Waals surface area (Å²) in [4.78, 5) is 27.8. The van der Waals surface area contributed by atoms with E-state index in [-0.39, 0.29) is 18.1 Å². The summed E-state index contributed by atoms with van der Waals surface area (Å²) in [7, 11) is 1.23. The smallest absolute Gasteiger partial charge is 0.374 e. The third-order valence-electron chi connectivity index (χ3n) is 2.98. The monoisotopic (exact) mass is 352 g/mol. The second-order valence-electron chi connectivity index (χ2n) is 4.84. The van der Waals surface area contributed by atoms with Crippen molar-refractivity contribution in [3.05, 3.63) is 53.0 Å². The van der Waals surface area contributed by atoms with E-state index in [0.29, 0.717) is 17.4 Å². The second-order valence-corrected chi connectivity index (χ2v) is 4.84.